The molecule has 0 radical (unpaired) electrons. The lowest BCUT2D eigenvalue weighted by atomic mass is 10.2. The van der Waals surface area contributed by atoms with Crippen LogP contribution in [0.1, 0.15) is 5.56 Å². The summed E-state index contributed by atoms with van der Waals surface area (Å²) in [6.45, 7) is 2.99. The van der Waals surface area contributed by atoms with Gasteiger partial charge in [0.2, 0.25) is 6.35 Å². The van der Waals surface area contributed by atoms with Crippen LogP contribution in [0.2, 0.25) is 0 Å². The Morgan fingerprint density at radius 1 is 1.29 bits per heavy atom. The van der Waals surface area contributed by atoms with Gasteiger partial charge < -0.3 is 14.6 Å². The predicted molar refractivity (Wildman–Crippen MR) is 62.5 cm³/mol. The van der Waals surface area contributed by atoms with Crippen molar-refractivity contribution in [2.45, 2.75) is 6.35 Å². The van der Waals surface area contributed by atoms with Gasteiger partial charge in [0.1, 0.15) is 0 Å². The number of hydrogen-bond donors (Lipinski definition) is 1. The van der Waals surface area contributed by atoms with E-state index in [1.807, 2.05) is 6.07 Å². The Hall–Kier alpha value is -1.59. The van der Waals surface area contributed by atoms with Gasteiger partial charge in [-0.15, -0.1) is 0 Å². The summed E-state index contributed by atoms with van der Waals surface area (Å²) in [6, 6.07) is 5.26. The van der Waals surface area contributed by atoms with Crippen molar-refractivity contribution in [1.82, 2.24) is 4.90 Å². The molecule has 0 saturated carbocycles. The second-order valence-corrected chi connectivity index (χ2v) is 4.07. The number of aliphatic imine (C=N–C) groups is 1. The SMILES string of the molecule is Oc1cccc2c1OC(N1CCOCC1)N=C2. The number of morpholine rings is 1. The van der Waals surface area contributed by atoms with Crippen molar-refractivity contribution in [3.8, 4) is 11.5 Å². The fraction of sp³-hybridized carbons (Fsp3) is 0.417. The zero-order chi connectivity index (χ0) is 11.7. The predicted octanol–water partition coefficient (Wildman–Crippen LogP) is 0.819. The molecule has 0 aromatic heterocycles. The highest BCUT2D eigenvalue weighted by Crippen LogP contribution is 2.32. The molecule has 2 aliphatic rings. The topological polar surface area (TPSA) is 54.3 Å². The standard InChI is InChI=1S/C12H14N2O3/c15-10-3-1-2-9-8-13-12(17-11(9)10)14-4-6-16-7-5-14/h1-3,8,12,15H,4-7H2. The Labute approximate surface area is 99.3 Å². The highest BCUT2D eigenvalue weighted by molar-refractivity contribution is 5.85. The number of fused-ring (bicyclic) bond motifs is 1. The van der Waals surface area contributed by atoms with Gasteiger partial charge in [-0.05, 0) is 12.1 Å². The van der Waals surface area contributed by atoms with Crippen molar-refractivity contribution < 1.29 is 14.6 Å². The zero-order valence-electron chi connectivity index (χ0n) is 9.37. The van der Waals surface area contributed by atoms with E-state index in [-0.39, 0.29) is 12.1 Å². The monoisotopic (exact) mass is 234 g/mol. The Morgan fingerprint density at radius 2 is 2.12 bits per heavy atom. The van der Waals surface area contributed by atoms with Gasteiger partial charge >= 0.3 is 0 Å². The lowest BCUT2D eigenvalue weighted by Crippen LogP contribution is -2.46. The second kappa shape index (κ2) is 4.35. The van der Waals surface area contributed by atoms with Crippen LogP contribution >= 0.6 is 0 Å². The Balaban J connectivity index is 1.82. The average molecular weight is 234 g/mol. The fourth-order valence-electron chi connectivity index (χ4n) is 2.02. The summed E-state index contributed by atoms with van der Waals surface area (Å²) in [5, 5.41) is 9.74. The molecule has 0 amide bonds. The third-order valence-electron chi connectivity index (χ3n) is 2.95. The van der Waals surface area contributed by atoms with E-state index in [9.17, 15) is 5.11 Å². The lowest BCUT2D eigenvalue weighted by molar-refractivity contribution is -0.0432. The fourth-order valence-corrected chi connectivity index (χ4v) is 2.02. The molecule has 2 aliphatic heterocycles. The number of phenols is 1. The average Bonchev–Trinajstić information content (AvgIpc) is 2.40. The van der Waals surface area contributed by atoms with Gasteiger partial charge in [0, 0.05) is 24.9 Å². The number of phenolic OH excluding ortho intramolecular Hbond substituents is 1. The highest BCUT2D eigenvalue weighted by Gasteiger charge is 2.25. The molecule has 17 heavy (non-hydrogen) atoms. The number of para-hydroxylation sites is 1. The molecule has 3 rings (SSSR count). The van der Waals surface area contributed by atoms with E-state index < -0.39 is 0 Å². The molecule has 5 nitrogen and oxygen atoms in total. The third kappa shape index (κ3) is 1.99. The molecule has 5 heteroatoms. The molecule has 1 aromatic carbocycles. The minimum atomic E-state index is -0.348. The van der Waals surface area contributed by atoms with Gasteiger partial charge in [-0.1, -0.05) is 6.07 Å². The molecule has 1 unspecified atom stereocenters. The number of benzene rings is 1. The maximum atomic E-state index is 9.74. The maximum Gasteiger partial charge on any atom is 0.250 e. The molecule has 1 aromatic rings. The maximum absolute atomic E-state index is 9.74. The molecular formula is C12H14N2O3. The molecule has 2 heterocycles. The summed E-state index contributed by atoms with van der Waals surface area (Å²) in [7, 11) is 0. The number of nitrogens with zero attached hydrogens (tertiary/aromatic N) is 2. The van der Waals surface area contributed by atoms with Crippen molar-refractivity contribution >= 4 is 6.21 Å². The summed E-state index contributed by atoms with van der Waals surface area (Å²) < 4.78 is 11.0. The van der Waals surface area contributed by atoms with Gasteiger partial charge in [0.25, 0.3) is 0 Å². The number of ether oxygens (including phenoxy) is 2. The van der Waals surface area contributed by atoms with E-state index >= 15 is 0 Å². The van der Waals surface area contributed by atoms with E-state index in [0.29, 0.717) is 19.0 Å². The van der Waals surface area contributed by atoms with E-state index in [2.05, 4.69) is 9.89 Å². The molecule has 1 atom stereocenters. The zero-order valence-corrected chi connectivity index (χ0v) is 9.37. The van der Waals surface area contributed by atoms with Crippen LogP contribution in [0.5, 0.6) is 11.5 Å². The number of hydrogen-bond acceptors (Lipinski definition) is 5. The number of aromatic hydroxyl groups is 1. The normalized spacial score (nSPS) is 24.1. The van der Waals surface area contributed by atoms with Crippen LogP contribution in [0.3, 0.4) is 0 Å². The Kier molecular flexibility index (Phi) is 2.70. The van der Waals surface area contributed by atoms with Crippen molar-refractivity contribution in [2.75, 3.05) is 26.3 Å². The van der Waals surface area contributed by atoms with Crippen LogP contribution in [-0.2, 0) is 4.74 Å². The second-order valence-electron chi connectivity index (χ2n) is 4.07. The van der Waals surface area contributed by atoms with E-state index in [4.69, 9.17) is 9.47 Å². The largest absolute Gasteiger partial charge is 0.504 e. The molecule has 1 N–H and O–H groups in total. The van der Waals surface area contributed by atoms with Gasteiger partial charge in [0.15, 0.2) is 11.5 Å². The van der Waals surface area contributed by atoms with E-state index in [1.54, 1.807) is 18.3 Å². The quantitative estimate of drug-likeness (QED) is 0.781. The van der Waals surface area contributed by atoms with E-state index in [0.717, 1.165) is 18.7 Å². The molecule has 1 fully saturated rings. The highest BCUT2D eigenvalue weighted by atomic mass is 16.5. The summed E-state index contributed by atoms with van der Waals surface area (Å²) >= 11 is 0. The van der Waals surface area contributed by atoms with Gasteiger partial charge in [-0.2, -0.15) is 0 Å². The van der Waals surface area contributed by atoms with Crippen LogP contribution < -0.4 is 4.74 Å². The van der Waals surface area contributed by atoms with Crippen LogP contribution in [0.4, 0.5) is 0 Å². The first kappa shape index (κ1) is 10.6. The van der Waals surface area contributed by atoms with Crippen LogP contribution in [0, 0.1) is 0 Å². The summed E-state index contributed by atoms with van der Waals surface area (Å²) in [5.74, 6) is 0.672. The minimum absolute atomic E-state index is 0.159. The Morgan fingerprint density at radius 3 is 2.94 bits per heavy atom. The first-order valence-corrected chi connectivity index (χ1v) is 5.68. The van der Waals surface area contributed by atoms with Crippen molar-refractivity contribution in [2.24, 2.45) is 4.99 Å². The molecule has 0 bridgehead atoms. The molecule has 0 aliphatic carbocycles. The third-order valence-corrected chi connectivity index (χ3v) is 2.95. The van der Waals surface area contributed by atoms with Crippen molar-refractivity contribution in [1.29, 1.82) is 0 Å². The lowest BCUT2D eigenvalue weighted by Gasteiger charge is -2.33. The molecule has 0 spiro atoms. The molecular weight excluding hydrogens is 220 g/mol. The van der Waals surface area contributed by atoms with Crippen molar-refractivity contribution in [3.05, 3.63) is 23.8 Å². The minimum Gasteiger partial charge on any atom is -0.504 e. The van der Waals surface area contributed by atoms with Gasteiger partial charge in [-0.25, -0.2) is 9.89 Å². The summed E-state index contributed by atoms with van der Waals surface area (Å²) in [5.41, 5.74) is 0.814. The first-order chi connectivity index (χ1) is 8.34. The molecule has 1 saturated heterocycles. The van der Waals surface area contributed by atoms with Crippen molar-refractivity contribution in [3.63, 3.8) is 0 Å². The Bertz CT molecular complexity index is 441. The molecule has 90 valence electrons. The van der Waals surface area contributed by atoms with Gasteiger partial charge in [0.05, 0.1) is 13.2 Å². The van der Waals surface area contributed by atoms with Crippen LogP contribution in [0.15, 0.2) is 23.2 Å². The smallest absolute Gasteiger partial charge is 0.250 e. The summed E-state index contributed by atoms with van der Waals surface area (Å²) in [4.78, 5) is 6.44. The van der Waals surface area contributed by atoms with Gasteiger partial charge in [-0.3, -0.25) is 0 Å². The number of rotatable bonds is 1. The summed E-state index contributed by atoms with van der Waals surface area (Å²) in [6.07, 6.45) is 1.40. The first-order valence-electron chi connectivity index (χ1n) is 5.68. The van der Waals surface area contributed by atoms with E-state index in [1.165, 1.54) is 0 Å². The van der Waals surface area contributed by atoms with Crippen LogP contribution in [0.25, 0.3) is 0 Å². The van der Waals surface area contributed by atoms with Crippen LogP contribution in [-0.4, -0.2) is 48.9 Å².